The molecule has 0 saturated carbocycles. The van der Waals surface area contributed by atoms with Gasteiger partial charge in [-0.3, -0.25) is 9.36 Å². The SMILES string of the molecule is CCOC(OCC)P(=O)(OCC)C(C)(C)CC(C)=O. The van der Waals surface area contributed by atoms with Gasteiger partial charge in [-0.15, -0.1) is 0 Å². The van der Waals surface area contributed by atoms with Gasteiger partial charge in [-0.1, -0.05) is 13.8 Å². The molecule has 0 radical (unpaired) electrons. The summed E-state index contributed by atoms with van der Waals surface area (Å²) in [5.74, 6) is -0.0309. The van der Waals surface area contributed by atoms with Crippen LogP contribution in [0, 0.1) is 0 Å². The van der Waals surface area contributed by atoms with Crippen LogP contribution in [0.25, 0.3) is 0 Å². The summed E-state index contributed by atoms with van der Waals surface area (Å²) in [6, 6.07) is -0.920. The van der Waals surface area contributed by atoms with Crippen molar-refractivity contribution in [3.8, 4) is 0 Å². The first-order valence-corrected chi connectivity index (χ1v) is 8.41. The highest BCUT2D eigenvalue weighted by Crippen LogP contribution is 2.64. The highest BCUT2D eigenvalue weighted by Gasteiger charge is 2.49. The van der Waals surface area contributed by atoms with Crippen molar-refractivity contribution >= 4 is 13.2 Å². The number of hydrogen-bond acceptors (Lipinski definition) is 5. The Morgan fingerprint density at radius 1 is 1.11 bits per heavy atom. The van der Waals surface area contributed by atoms with Gasteiger partial charge in [-0.2, -0.15) is 0 Å². The lowest BCUT2D eigenvalue weighted by Crippen LogP contribution is -2.33. The molecule has 0 aliphatic rings. The minimum atomic E-state index is -3.28. The first-order chi connectivity index (χ1) is 8.75. The second-order valence-corrected chi connectivity index (χ2v) is 8.01. The summed E-state index contributed by atoms with van der Waals surface area (Å²) in [7, 11) is -3.28. The summed E-state index contributed by atoms with van der Waals surface area (Å²) in [4.78, 5) is 11.4. The molecule has 0 heterocycles. The molecule has 0 N–H and O–H groups in total. The molecule has 0 fully saturated rings. The number of ether oxygens (including phenoxy) is 2. The van der Waals surface area contributed by atoms with E-state index < -0.39 is 18.6 Å². The summed E-state index contributed by atoms with van der Waals surface area (Å²) < 4.78 is 29.6. The van der Waals surface area contributed by atoms with Crippen LogP contribution in [-0.4, -0.2) is 36.8 Å². The van der Waals surface area contributed by atoms with Gasteiger partial charge in [0.1, 0.15) is 5.78 Å². The Labute approximate surface area is 116 Å². The molecule has 1 atom stereocenters. The lowest BCUT2D eigenvalue weighted by atomic mass is 10.1. The Morgan fingerprint density at radius 2 is 1.58 bits per heavy atom. The normalized spacial score (nSPS) is 15.5. The molecule has 0 aromatic rings. The number of Topliss-reactive ketones (excluding diaryl/α,β-unsaturated/α-hetero) is 1. The molecule has 6 heteroatoms. The predicted octanol–water partition coefficient (Wildman–Crippen LogP) is 3.42. The minimum Gasteiger partial charge on any atom is -0.345 e. The van der Waals surface area contributed by atoms with Crippen LogP contribution >= 0.6 is 7.37 Å². The van der Waals surface area contributed by atoms with Gasteiger partial charge in [-0.25, -0.2) is 0 Å². The van der Waals surface area contributed by atoms with E-state index in [0.717, 1.165) is 0 Å². The van der Waals surface area contributed by atoms with E-state index in [1.54, 1.807) is 34.6 Å². The number of rotatable bonds is 10. The highest BCUT2D eigenvalue weighted by molar-refractivity contribution is 7.61. The minimum absolute atomic E-state index is 0.0309. The largest absolute Gasteiger partial charge is 0.345 e. The Kier molecular flexibility index (Phi) is 8.06. The van der Waals surface area contributed by atoms with Crippen LogP contribution in [0.15, 0.2) is 0 Å². The average molecular weight is 294 g/mol. The summed E-state index contributed by atoms with van der Waals surface area (Å²) in [6.07, 6.45) is 0.168. The van der Waals surface area contributed by atoms with E-state index in [1.165, 1.54) is 6.92 Å². The maximum Gasteiger partial charge on any atom is 0.263 e. The molecule has 19 heavy (non-hydrogen) atoms. The number of carbonyl (C=O) groups is 1. The Bertz CT molecular complexity index is 321. The van der Waals surface area contributed by atoms with Crippen molar-refractivity contribution < 1.29 is 23.4 Å². The summed E-state index contributed by atoms with van der Waals surface area (Å²) in [6.45, 7) is 11.4. The van der Waals surface area contributed by atoms with Gasteiger partial charge in [0, 0.05) is 19.6 Å². The van der Waals surface area contributed by atoms with Gasteiger partial charge in [0.25, 0.3) is 7.37 Å². The zero-order valence-corrected chi connectivity index (χ0v) is 13.8. The molecule has 0 saturated heterocycles. The van der Waals surface area contributed by atoms with Gasteiger partial charge in [0.05, 0.1) is 11.8 Å². The molecule has 0 aromatic carbocycles. The van der Waals surface area contributed by atoms with E-state index in [4.69, 9.17) is 14.0 Å². The molecule has 0 aliphatic carbocycles. The van der Waals surface area contributed by atoms with Crippen molar-refractivity contribution in [1.29, 1.82) is 0 Å². The van der Waals surface area contributed by atoms with Crippen molar-refractivity contribution in [2.75, 3.05) is 19.8 Å². The summed E-state index contributed by atoms with van der Waals surface area (Å²) in [5.41, 5.74) is 0. The molecule has 0 spiro atoms. The van der Waals surface area contributed by atoms with Gasteiger partial charge in [0.15, 0.2) is 0 Å². The van der Waals surface area contributed by atoms with Gasteiger partial charge in [-0.05, 0) is 27.7 Å². The molecule has 114 valence electrons. The van der Waals surface area contributed by atoms with E-state index in [0.29, 0.717) is 13.2 Å². The maximum atomic E-state index is 13.2. The van der Waals surface area contributed by atoms with Crippen LogP contribution in [0.3, 0.4) is 0 Å². The second-order valence-electron chi connectivity index (χ2n) is 4.92. The highest BCUT2D eigenvalue weighted by atomic mass is 31.2. The molecule has 0 aliphatic heterocycles. The average Bonchev–Trinajstić information content (AvgIpc) is 2.27. The topological polar surface area (TPSA) is 61.8 Å². The quantitative estimate of drug-likeness (QED) is 0.456. The van der Waals surface area contributed by atoms with Crippen LogP contribution in [0.2, 0.25) is 0 Å². The standard InChI is InChI=1S/C13H27O5P/c1-7-16-12(17-8-2)19(15,18-9-3)13(5,6)10-11(4)14/h12H,7-10H2,1-6H3. The van der Waals surface area contributed by atoms with E-state index >= 15 is 0 Å². The second kappa shape index (κ2) is 8.15. The summed E-state index contributed by atoms with van der Waals surface area (Å²) in [5, 5.41) is -0.816. The lowest BCUT2D eigenvalue weighted by Gasteiger charge is -2.37. The van der Waals surface area contributed by atoms with Gasteiger partial charge in [0.2, 0.25) is 6.03 Å². The molecule has 0 amide bonds. The molecule has 5 nitrogen and oxygen atoms in total. The third-order valence-corrected chi connectivity index (χ3v) is 6.08. The smallest absolute Gasteiger partial charge is 0.263 e. The maximum absolute atomic E-state index is 13.2. The molecule has 0 aromatic heterocycles. The predicted molar refractivity (Wildman–Crippen MR) is 75.6 cm³/mol. The van der Waals surface area contributed by atoms with E-state index in [9.17, 15) is 9.36 Å². The van der Waals surface area contributed by atoms with Crippen molar-refractivity contribution in [2.24, 2.45) is 0 Å². The van der Waals surface area contributed by atoms with E-state index in [2.05, 4.69) is 0 Å². The van der Waals surface area contributed by atoms with E-state index in [1.807, 2.05) is 0 Å². The fourth-order valence-electron chi connectivity index (χ4n) is 1.96. The Balaban J connectivity index is 5.40. The van der Waals surface area contributed by atoms with Crippen molar-refractivity contribution in [2.45, 2.75) is 59.2 Å². The molecule has 0 rings (SSSR count). The first kappa shape index (κ1) is 18.8. The van der Waals surface area contributed by atoms with Crippen molar-refractivity contribution in [3.63, 3.8) is 0 Å². The zero-order chi connectivity index (χ0) is 15.1. The van der Waals surface area contributed by atoms with Crippen molar-refractivity contribution in [3.05, 3.63) is 0 Å². The lowest BCUT2D eigenvalue weighted by molar-refractivity contribution is -0.117. The third-order valence-electron chi connectivity index (χ3n) is 2.74. The summed E-state index contributed by atoms with van der Waals surface area (Å²) >= 11 is 0. The third kappa shape index (κ3) is 4.99. The van der Waals surface area contributed by atoms with Crippen LogP contribution in [0.5, 0.6) is 0 Å². The van der Waals surface area contributed by atoms with Gasteiger partial charge < -0.3 is 14.0 Å². The van der Waals surface area contributed by atoms with Crippen LogP contribution < -0.4 is 0 Å². The molecular weight excluding hydrogens is 267 g/mol. The number of carbonyl (C=O) groups excluding carboxylic acids is 1. The number of ketones is 1. The fourth-order valence-corrected chi connectivity index (χ4v) is 4.52. The van der Waals surface area contributed by atoms with Crippen LogP contribution in [0.4, 0.5) is 0 Å². The Hall–Kier alpha value is -0.220. The van der Waals surface area contributed by atoms with Gasteiger partial charge >= 0.3 is 0 Å². The zero-order valence-electron chi connectivity index (χ0n) is 12.9. The molecular formula is C13H27O5P. The van der Waals surface area contributed by atoms with Crippen LogP contribution in [-0.2, 0) is 23.4 Å². The van der Waals surface area contributed by atoms with Crippen molar-refractivity contribution in [1.82, 2.24) is 0 Å². The number of hydrogen-bond donors (Lipinski definition) is 0. The fraction of sp³-hybridized carbons (Fsp3) is 0.923. The van der Waals surface area contributed by atoms with E-state index in [-0.39, 0.29) is 18.8 Å². The van der Waals surface area contributed by atoms with Crippen LogP contribution in [0.1, 0.15) is 48.0 Å². The molecule has 1 unspecified atom stereocenters. The Morgan fingerprint density at radius 3 is 1.89 bits per heavy atom. The monoisotopic (exact) mass is 294 g/mol. The first-order valence-electron chi connectivity index (χ1n) is 6.72. The molecule has 0 bridgehead atoms.